The predicted molar refractivity (Wildman–Crippen MR) is 75.8 cm³/mol. The summed E-state index contributed by atoms with van der Waals surface area (Å²) >= 11 is 0. The molecule has 2 aliphatic rings. The number of rotatable bonds is 6. The molecule has 1 saturated heterocycles. The lowest BCUT2D eigenvalue weighted by Crippen LogP contribution is -2.32. The first-order valence-electron chi connectivity index (χ1n) is 7.00. The molecule has 0 atom stereocenters. The second-order valence-electron chi connectivity index (χ2n) is 4.91. The Balaban J connectivity index is 1.64. The molecule has 7 nitrogen and oxygen atoms in total. The molecule has 3 rings (SSSR count). The van der Waals surface area contributed by atoms with E-state index in [4.69, 9.17) is 14.2 Å². The molecule has 0 spiro atoms. The van der Waals surface area contributed by atoms with Crippen molar-refractivity contribution in [3.05, 3.63) is 17.7 Å². The van der Waals surface area contributed by atoms with E-state index >= 15 is 0 Å². The summed E-state index contributed by atoms with van der Waals surface area (Å²) in [5.41, 5.74) is 1.01. The van der Waals surface area contributed by atoms with Crippen molar-refractivity contribution in [1.82, 2.24) is 15.5 Å². The van der Waals surface area contributed by atoms with Gasteiger partial charge < -0.3 is 29.7 Å². The smallest absolute Gasteiger partial charge is 0.317 e. The maximum absolute atomic E-state index is 11.5. The molecule has 114 valence electrons. The summed E-state index contributed by atoms with van der Waals surface area (Å²) in [5, 5.41) is 5.87. The van der Waals surface area contributed by atoms with Crippen LogP contribution in [0.25, 0.3) is 0 Å². The molecule has 2 amide bonds. The van der Waals surface area contributed by atoms with Gasteiger partial charge in [0.1, 0.15) is 12.4 Å². The maximum atomic E-state index is 11.5. The summed E-state index contributed by atoms with van der Waals surface area (Å²) < 4.78 is 16.6. The Labute approximate surface area is 123 Å². The minimum Gasteiger partial charge on any atom is -0.491 e. The van der Waals surface area contributed by atoms with Gasteiger partial charge in [-0.3, -0.25) is 0 Å². The second-order valence-corrected chi connectivity index (χ2v) is 4.91. The van der Waals surface area contributed by atoms with Gasteiger partial charge in [-0.15, -0.1) is 0 Å². The standard InChI is InChI=1S/C14H19N3O4/c1-15-8-10-6-12-13(21-9-20-12)7-11(10)19-5-4-17-3-2-16-14(17)18/h6-7,15H,2-5,8-9H2,1H3,(H,16,18). The van der Waals surface area contributed by atoms with Crippen LogP contribution in [-0.2, 0) is 6.54 Å². The Hall–Kier alpha value is -2.15. The van der Waals surface area contributed by atoms with Gasteiger partial charge in [-0.05, 0) is 13.1 Å². The first-order valence-corrected chi connectivity index (χ1v) is 7.00. The molecule has 21 heavy (non-hydrogen) atoms. The van der Waals surface area contributed by atoms with E-state index in [1.165, 1.54) is 0 Å². The minimum absolute atomic E-state index is 0.0280. The van der Waals surface area contributed by atoms with E-state index in [9.17, 15) is 4.79 Å². The van der Waals surface area contributed by atoms with Crippen LogP contribution in [0.4, 0.5) is 4.79 Å². The van der Waals surface area contributed by atoms with Gasteiger partial charge in [0.25, 0.3) is 0 Å². The van der Waals surface area contributed by atoms with E-state index in [2.05, 4.69) is 10.6 Å². The van der Waals surface area contributed by atoms with Crippen LogP contribution in [-0.4, -0.2) is 51.0 Å². The number of urea groups is 1. The number of fused-ring (bicyclic) bond motifs is 1. The van der Waals surface area contributed by atoms with E-state index in [0.717, 1.165) is 23.6 Å². The molecule has 0 saturated carbocycles. The van der Waals surface area contributed by atoms with Gasteiger partial charge >= 0.3 is 6.03 Å². The molecule has 1 aromatic rings. The van der Waals surface area contributed by atoms with Crippen LogP contribution >= 0.6 is 0 Å². The lowest BCUT2D eigenvalue weighted by atomic mass is 10.1. The van der Waals surface area contributed by atoms with Gasteiger partial charge in [-0.25, -0.2) is 4.79 Å². The first kappa shape index (κ1) is 13.8. The van der Waals surface area contributed by atoms with Gasteiger partial charge in [0.05, 0.1) is 6.54 Å². The molecule has 7 heteroatoms. The molecule has 2 aliphatic heterocycles. The normalized spacial score (nSPS) is 16.2. The fraction of sp³-hybridized carbons (Fsp3) is 0.500. The van der Waals surface area contributed by atoms with E-state index < -0.39 is 0 Å². The lowest BCUT2D eigenvalue weighted by Gasteiger charge is -2.16. The maximum Gasteiger partial charge on any atom is 0.317 e. The van der Waals surface area contributed by atoms with Crippen LogP contribution in [0.15, 0.2) is 12.1 Å². The Kier molecular flexibility index (Phi) is 4.01. The van der Waals surface area contributed by atoms with E-state index in [0.29, 0.717) is 32.0 Å². The molecular formula is C14H19N3O4. The summed E-state index contributed by atoms with van der Waals surface area (Å²) in [4.78, 5) is 13.2. The molecule has 0 aromatic heterocycles. The monoisotopic (exact) mass is 293 g/mol. The first-order chi connectivity index (χ1) is 10.3. The fourth-order valence-corrected chi connectivity index (χ4v) is 2.42. The van der Waals surface area contributed by atoms with Crippen molar-refractivity contribution >= 4 is 6.03 Å². The number of amides is 2. The lowest BCUT2D eigenvalue weighted by molar-refractivity contribution is 0.173. The van der Waals surface area contributed by atoms with Gasteiger partial charge in [-0.1, -0.05) is 0 Å². The molecule has 1 aromatic carbocycles. The van der Waals surface area contributed by atoms with Crippen molar-refractivity contribution in [2.75, 3.05) is 40.1 Å². The summed E-state index contributed by atoms with van der Waals surface area (Å²) in [5.74, 6) is 2.20. The summed E-state index contributed by atoms with van der Waals surface area (Å²) in [6.45, 7) is 3.37. The van der Waals surface area contributed by atoms with Crippen molar-refractivity contribution in [1.29, 1.82) is 0 Å². The van der Waals surface area contributed by atoms with Crippen molar-refractivity contribution in [3.8, 4) is 17.2 Å². The third-order valence-corrected chi connectivity index (χ3v) is 3.49. The zero-order valence-electron chi connectivity index (χ0n) is 12.0. The number of carbonyl (C=O) groups excluding carboxylic acids is 1. The van der Waals surface area contributed by atoms with E-state index in [1.54, 1.807) is 4.90 Å². The Morgan fingerprint density at radius 3 is 2.90 bits per heavy atom. The highest BCUT2D eigenvalue weighted by Crippen LogP contribution is 2.38. The van der Waals surface area contributed by atoms with Gasteiger partial charge in [0.2, 0.25) is 6.79 Å². The molecule has 1 fully saturated rings. The number of nitrogens with zero attached hydrogens (tertiary/aromatic N) is 1. The highest BCUT2D eigenvalue weighted by molar-refractivity contribution is 5.76. The van der Waals surface area contributed by atoms with Crippen LogP contribution in [0.3, 0.4) is 0 Å². The van der Waals surface area contributed by atoms with Crippen LogP contribution in [0.2, 0.25) is 0 Å². The van der Waals surface area contributed by atoms with Crippen molar-refractivity contribution in [2.24, 2.45) is 0 Å². The zero-order chi connectivity index (χ0) is 14.7. The van der Waals surface area contributed by atoms with Crippen LogP contribution in [0.1, 0.15) is 5.56 Å². The van der Waals surface area contributed by atoms with Crippen molar-refractivity contribution in [2.45, 2.75) is 6.54 Å². The third kappa shape index (κ3) is 2.97. The van der Waals surface area contributed by atoms with Crippen LogP contribution in [0.5, 0.6) is 17.2 Å². The topological polar surface area (TPSA) is 72.1 Å². The third-order valence-electron chi connectivity index (χ3n) is 3.49. The average molecular weight is 293 g/mol. The minimum atomic E-state index is -0.0280. The van der Waals surface area contributed by atoms with Crippen molar-refractivity contribution in [3.63, 3.8) is 0 Å². The highest BCUT2D eigenvalue weighted by atomic mass is 16.7. The average Bonchev–Trinajstić information content (AvgIpc) is 3.08. The number of benzene rings is 1. The zero-order valence-corrected chi connectivity index (χ0v) is 12.0. The van der Waals surface area contributed by atoms with E-state index in [-0.39, 0.29) is 12.8 Å². The van der Waals surface area contributed by atoms with Crippen LogP contribution < -0.4 is 24.8 Å². The molecule has 0 bridgehead atoms. The highest BCUT2D eigenvalue weighted by Gasteiger charge is 2.20. The Morgan fingerprint density at radius 2 is 2.19 bits per heavy atom. The summed E-state index contributed by atoms with van der Waals surface area (Å²) in [6.07, 6.45) is 0. The number of carbonyl (C=O) groups is 1. The van der Waals surface area contributed by atoms with Gasteiger partial charge in [0, 0.05) is 31.3 Å². The molecule has 0 radical (unpaired) electrons. The quantitative estimate of drug-likeness (QED) is 0.801. The second kappa shape index (κ2) is 6.09. The number of hydrogen-bond acceptors (Lipinski definition) is 5. The van der Waals surface area contributed by atoms with Gasteiger partial charge in [-0.2, -0.15) is 0 Å². The summed E-state index contributed by atoms with van der Waals surface area (Å²) in [7, 11) is 1.88. The Morgan fingerprint density at radius 1 is 1.38 bits per heavy atom. The van der Waals surface area contributed by atoms with Crippen LogP contribution in [0, 0.1) is 0 Å². The molecular weight excluding hydrogens is 274 g/mol. The number of nitrogens with one attached hydrogen (secondary N) is 2. The Bertz CT molecular complexity index is 535. The largest absolute Gasteiger partial charge is 0.491 e. The number of ether oxygens (including phenoxy) is 3. The summed E-state index contributed by atoms with van der Waals surface area (Å²) in [6, 6.07) is 3.75. The predicted octanol–water partition coefficient (Wildman–Crippen LogP) is 0.539. The SMILES string of the molecule is CNCc1cc2c(cc1OCCN1CCNC1=O)OCO2. The molecule has 2 heterocycles. The fourth-order valence-electron chi connectivity index (χ4n) is 2.42. The van der Waals surface area contributed by atoms with Crippen molar-refractivity contribution < 1.29 is 19.0 Å². The molecule has 0 aliphatic carbocycles. The van der Waals surface area contributed by atoms with E-state index in [1.807, 2.05) is 19.2 Å². The van der Waals surface area contributed by atoms with Gasteiger partial charge in [0.15, 0.2) is 11.5 Å². The number of hydrogen-bond donors (Lipinski definition) is 2. The molecule has 0 unspecified atom stereocenters. The molecule has 2 N–H and O–H groups in total.